The predicted octanol–water partition coefficient (Wildman–Crippen LogP) is 6.08. The van der Waals surface area contributed by atoms with Crippen molar-refractivity contribution >= 4 is 10.9 Å². The van der Waals surface area contributed by atoms with Gasteiger partial charge >= 0.3 is 0 Å². The number of hydrogen-bond donors (Lipinski definition) is 0. The highest BCUT2D eigenvalue weighted by molar-refractivity contribution is 5.83. The molecule has 1 fully saturated rings. The van der Waals surface area contributed by atoms with Crippen LogP contribution in [0.2, 0.25) is 0 Å². The summed E-state index contributed by atoms with van der Waals surface area (Å²) in [5.41, 5.74) is 3.78. The lowest BCUT2D eigenvalue weighted by molar-refractivity contribution is 0.0619. The van der Waals surface area contributed by atoms with Crippen molar-refractivity contribution in [1.82, 2.24) is 9.88 Å². The molecule has 2 aromatic carbocycles. The molecule has 0 radical (unpaired) electrons. The molecule has 0 unspecified atom stereocenters. The van der Waals surface area contributed by atoms with Crippen LogP contribution >= 0.6 is 0 Å². The second-order valence-corrected chi connectivity index (χ2v) is 9.47. The highest BCUT2D eigenvalue weighted by Gasteiger charge is 2.27. The SMILES string of the molecule is COc1ccc2nccc(CCC3CCC(N(CC4=COCO4)Cc4ccccc4)CC3)c2c1. The van der Waals surface area contributed by atoms with E-state index in [1.165, 1.54) is 48.6 Å². The first-order chi connectivity index (χ1) is 16.8. The first kappa shape index (κ1) is 22.7. The van der Waals surface area contributed by atoms with E-state index in [0.29, 0.717) is 12.8 Å². The summed E-state index contributed by atoms with van der Waals surface area (Å²) in [6.07, 6.45) is 11.0. The van der Waals surface area contributed by atoms with E-state index in [-0.39, 0.29) is 0 Å². The highest BCUT2D eigenvalue weighted by atomic mass is 16.7. The number of hydrogen-bond acceptors (Lipinski definition) is 5. The van der Waals surface area contributed by atoms with Crippen LogP contribution in [0.15, 0.2) is 72.8 Å². The number of nitrogens with zero attached hydrogens (tertiary/aromatic N) is 2. The Balaban J connectivity index is 1.20. The molecular formula is C29H34N2O3. The normalized spacial score (nSPS) is 20.1. The molecule has 0 saturated heterocycles. The number of pyridine rings is 1. The minimum atomic E-state index is 0.344. The largest absolute Gasteiger partial charge is 0.497 e. The molecule has 5 rings (SSSR count). The van der Waals surface area contributed by atoms with E-state index in [2.05, 4.69) is 58.4 Å². The Morgan fingerprint density at radius 1 is 1.00 bits per heavy atom. The molecule has 0 bridgehead atoms. The van der Waals surface area contributed by atoms with Crippen LogP contribution < -0.4 is 4.74 Å². The second-order valence-electron chi connectivity index (χ2n) is 9.47. The molecule has 178 valence electrons. The molecule has 0 spiro atoms. The van der Waals surface area contributed by atoms with Crippen LogP contribution in [0.4, 0.5) is 0 Å². The van der Waals surface area contributed by atoms with E-state index in [1.807, 2.05) is 12.3 Å². The molecule has 1 aliphatic carbocycles. The minimum Gasteiger partial charge on any atom is -0.497 e. The summed E-state index contributed by atoms with van der Waals surface area (Å²) in [6, 6.07) is 19.7. The smallest absolute Gasteiger partial charge is 0.229 e. The third-order valence-corrected chi connectivity index (χ3v) is 7.31. The maximum atomic E-state index is 5.66. The van der Waals surface area contributed by atoms with Gasteiger partial charge in [0.15, 0.2) is 0 Å². The number of fused-ring (bicyclic) bond motifs is 1. The van der Waals surface area contributed by atoms with Crippen molar-refractivity contribution < 1.29 is 14.2 Å². The number of benzene rings is 2. The molecular weight excluding hydrogens is 424 g/mol. The van der Waals surface area contributed by atoms with Crippen LogP contribution in [0.5, 0.6) is 5.75 Å². The summed E-state index contributed by atoms with van der Waals surface area (Å²) in [7, 11) is 1.72. The Labute approximate surface area is 202 Å². The van der Waals surface area contributed by atoms with Crippen LogP contribution in [0.25, 0.3) is 10.9 Å². The van der Waals surface area contributed by atoms with Gasteiger partial charge in [-0.15, -0.1) is 0 Å². The Bertz CT molecular complexity index is 1110. The Morgan fingerprint density at radius 3 is 2.62 bits per heavy atom. The molecule has 5 heteroatoms. The molecule has 2 aliphatic rings. The summed E-state index contributed by atoms with van der Waals surface area (Å²) in [5, 5.41) is 1.22. The van der Waals surface area contributed by atoms with Crippen molar-refractivity contribution in [3.05, 3.63) is 83.9 Å². The number of ether oxygens (including phenoxy) is 3. The van der Waals surface area contributed by atoms with Crippen molar-refractivity contribution in [2.75, 3.05) is 20.4 Å². The fourth-order valence-electron chi connectivity index (χ4n) is 5.37. The summed E-state index contributed by atoms with van der Waals surface area (Å²) in [6.45, 7) is 2.10. The van der Waals surface area contributed by atoms with Gasteiger partial charge in [0, 0.05) is 24.2 Å². The fraction of sp³-hybridized carbons (Fsp3) is 0.414. The summed E-state index contributed by atoms with van der Waals surface area (Å²) in [5.74, 6) is 2.61. The number of aromatic nitrogens is 1. The fourth-order valence-corrected chi connectivity index (χ4v) is 5.37. The maximum Gasteiger partial charge on any atom is 0.229 e. The van der Waals surface area contributed by atoms with Crippen molar-refractivity contribution in [3.63, 3.8) is 0 Å². The summed E-state index contributed by atoms with van der Waals surface area (Å²) in [4.78, 5) is 7.11. The third-order valence-electron chi connectivity index (χ3n) is 7.31. The molecule has 3 aromatic rings. The lowest BCUT2D eigenvalue weighted by Crippen LogP contribution is -2.39. The molecule has 1 aliphatic heterocycles. The number of methoxy groups -OCH3 is 1. The average molecular weight is 459 g/mol. The van der Waals surface area contributed by atoms with Gasteiger partial charge in [-0.3, -0.25) is 9.88 Å². The van der Waals surface area contributed by atoms with E-state index in [1.54, 1.807) is 13.4 Å². The molecule has 2 heterocycles. The molecule has 34 heavy (non-hydrogen) atoms. The van der Waals surface area contributed by atoms with Gasteiger partial charge in [0.1, 0.15) is 17.8 Å². The number of aryl methyl sites for hydroxylation is 1. The maximum absolute atomic E-state index is 5.66. The first-order valence-electron chi connectivity index (χ1n) is 12.4. The lowest BCUT2D eigenvalue weighted by atomic mass is 9.82. The Morgan fingerprint density at radius 2 is 1.85 bits per heavy atom. The van der Waals surface area contributed by atoms with Crippen LogP contribution in [0.3, 0.4) is 0 Å². The van der Waals surface area contributed by atoms with Crippen molar-refractivity contribution in [2.45, 2.75) is 51.1 Å². The number of rotatable bonds is 9. The quantitative estimate of drug-likeness (QED) is 0.389. The van der Waals surface area contributed by atoms with Crippen LogP contribution in [0, 0.1) is 5.92 Å². The van der Waals surface area contributed by atoms with Gasteiger partial charge in [-0.05, 0) is 79.8 Å². The Kier molecular flexibility index (Phi) is 7.30. The minimum absolute atomic E-state index is 0.344. The molecule has 0 amide bonds. The van der Waals surface area contributed by atoms with Gasteiger partial charge in [0.25, 0.3) is 0 Å². The van der Waals surface area contributed by atoms with E-state index in [9.17, 15) is 0 Å². The van der Waals surface area contributed by atoms with Crippen molar-refractivity contribution in [1.29, 1.82) is 0 Å². The average Bonchev–Trinajstić information content (AvgIpc) is 3.41. The molecule has 1 saturated carbocycles. The monoisotopic (exact) mass is 458 g/mol. The highest BCUT2D eigenvalue weighted by Crippen LogP contribution is 2.33. The molecule has 5 nitrogen and oxygen atoms in total. The van der Waals surface area contributed by atoms with Gasteiger partial charge < -0.3 is 14.2 Å². The van der Waals surface area contributed by atoms with Gasteiger partial charge in [-0.2, -0.15) is 0 Å². The zero-order chi connectivity index (χ0) is 23.2. The molecule has 0 atom stereocenters. The zero-order valence-electron chi connectivity index (χ0n) is 20.0. The summed E-state index contributed by atoms with van der Waals surface area (Å²) < 4.78 is 16.4. The van der Waals surface area contributed by atoms with Crippen LogP contribution in [0.1, 0.15) is 43.2 Å². The van der Waals surface area contributed by atoms with Gasteiger partial charge in [-0.1, -0.05) is 30.3 Å². The lowest BCUT2D eigenvalue weighted by Gasteiger charge is -2.37. The second kappa shape index (κ2) is 10.9. The topological polar surface area (TPSA) is 43.8 Å². The van der Waals surface area contributed by atoms with E-state index in [4.69, 9.17) is 14.2 Å². The van der Waals surface area contributed by atoms with Gasteiger partial charge in [-0.25, -0.2) is 0 Å². The summed E-state index contributed by atoms with van der Waals surface area (Å²) >= 11 is 0. The van der Waals surface area contributed by atoms with Gasteiger partial charge in [0.2, 0.25) is 6.79 Å². The standard InChI is InChI=1S/C29H34N2O3/c1-32-26-13-14-29-28(17-26)24(15-16-30-29)10-7-22-8-11-25(12-9-22)31(19-27-20-33-21-34-27)18-23-5-3-2-4-6-23/h2-6,13-17,20,22,25H,7-12,18-19,21H2,1H3. The van der Waals surface area contributed by atoms with E-state index in [0.717, 1.165) is 42.5 Å². The zero-order valence-corrected chi connectivity index (χ0v) is 20.0. The third kappa shape index (κ3) is 5.53. The van der Waals surface area contributed by atoms with Crippen LogP contribution in [-0.4, -0.2) is 36.4 Å². The van der Waals surface area contributed by atoms with Gasteiger partial charge in [0.05, 0.1) is 19.2 Å². The van der Waals surface area contributed by atoms with Crippen molar-refractivity contribution in [2.24, 2.45) is 5.92 Å². The van der Waals surface area contributed by atoms with Crippen LogP contribution in [-0.2, 0) is 22.4 Å². The molecule has 0 N–H and O–H groups in total. The van der Waals surface area contributed by atoms with E-state index < -0.39 is 0 Å². The predicted molar refractivity (Wildman–Crippen MR) is 134 cm³/mol. The Hall–Kier alpha value is -3.05. The van der Waals surface area contributed by atoms with Crippen molar-refractivity contribution in [3.8, 4) is 5.75 Å². The first-order valence-corrected chi connectivity index (χ1v) is 12.4. The molecule has 1 aromatic heterocycles. The van der Waals surface area contributed by atoms with E-state index >= 15 is 0 Å².